The first-order valence-corrected chi connectivity index (χ1v) is 10.7. The Morgan fingerprint density at radius 1 is 1.04 bits per heavy atom. The van der Waals surface area contributed by atoms with E-state index in [4.69, 9.17) is 4.74 Å². The molecule has 1 aliphatic heterocycles. The third kappa shape index (κ3) is 2.86. The van der Waals surface area contributed by atoms with Crippen LogP contribution in [-0.2, 0) is 10.0 Å². The molecule has 28 heavy (non-hydrogen) atoms. The highest BCUT2D eigenvalue weighted by molar-refractivity contribution is 7.91. The fourth-order valence-corrected chi connectivity index (χ4v) is 6.28. The maximum atomic E-state index is 14.0. The zero-order valence-electron chi connectivity index (χ0n) is 15.6. The van der Waals surface area contributed by atoms with Gasteiger partial charge in [-0.2, -0.15) is 12.3 Å². The zero-order valence-corrected chi connectivity index (χ0v) is 16.5. The summed E-state index contributed by atoms with van der Waals surface area (Å²) in [4.78, 5) is 4.52. The second-order valence-electron chi connectivity index (χ2n) is 7.02. The summed E-state index contributed by atoms with van der Waals surface area (Å²) in [6.07, 6.45) is 4.11. The highest BCUT2D eigenvalue weighted by Crippen LogP contribution is 2.39. The van der Waals surface area contributed by atoms with E-state index in [2.05, 4.69) is 4.98 Å². The van der Waals surface area contributed by atoms with Crippen LogP contribution in [0.4, 0.5) is 10.1 Å². The van der Waals surface area contributed by atoms with Gasteiger partial charge in [0.1, 0.15) is 22.0 Å². The van der Waals surface area contributed by atoms with Gasteiger partial charge < -0.3 is 4.74 Å². The van der Waals surface area contributed by atoms with Crippen molar-refractivity contribution in [2.45, 2.75) is 24.2 Å². The number of hydrogen-bond donors (Lipinski definition) is 0. The molecule has 0 saturated carbocycles. The minimum atomic E-state index is -3.87. The number of quaternary nitrogens is 1. The molecule has 2 heterocycles. The van der Waals surface area contributed by atoms with Crippen LogP contribution in [0, 0.1) is 5.82 Å². The van der Waals surface area contributed by atoms with E-state index in [1.54, 1.807) is 42.6 Å². The van der Waals surface area contributed by atoms with E-state index >= 15 is 0 Å². The Hall–Kier alpha value is -2.51. The van der Waals surface area contributed by atoms with E-state index < -0.39 is 15.8 Å². The molecule has 0 amide bonds. The fraction of sp³-hybridized carbons (Fsp3) is 0.286. The number of pyridine rings is 1. The lowest BCUT2D eigenvalue weighted by atomic mass is 10.1. The Labute approximate surface area is 164 Å². The molecule has 0 radical (unpaired) electrons. The van der Waals surface area contributed by atoms with Gasteiger partial charge in [0.05, 0.1) is 20.2 Å². The van der Waals surface area contributed by atoms with Crippen LogP contribution in [0.15, 0.2) is 59.6 Å². The van der Waals surface area contributed by atoms with Crippen LogP contribution in [-0.4, -0.2) is 33.6 Å². The molecule has 1 fully saturated rings. The lowest BCUT2D eigenvalue weighted by Gasteiger charge is -2.39. The van der Waals surface area contributed by atoms with Gasteiger partial charge in [0.2, 0.25) is 0 Å². The lowest BCUT2D eigenvalue weighted by Crippen LogP contribution is -2.56. The van der Waals surface area contributed by atoms with Crippen molar-refractivity contribution in [3.63, 3.8) is 0 Å². The van der Waals surface area contributed by atoms with Gasteiger partial charge in [0.15, 0.2) is 5.69 Å². The third-order valence-corrected chi connectivity index (χ3v) is 7.88. The molecule has 1 aromatic heterocycles. The number of ether oxygens (including phenoxy) is 1. The van der Waals surface area contributed by atoms with Gasteiger partial charge in [-0.1, -0.05) is 6.07 Å². The topological polar surface area (TPSA) is 56.3 Å². The molecule has 0 bridgehead atoms. The molecule has 0 atom stereocenters. The number of halogens is 1. The van der Waals surface area contributed by atoms with Crippen molar-refractivity contribution in [2.75, 3.05) is 20.2 Å². The number of piperidine rings is 1. The first kappa shape index (κ1) is 18.8. The average Bonchev–Trinajstić information content (AvgIpc) is 2.73. The molecule has 3 aromatic rings. The van der Waals surface area contributed by atoms with Crippen molar-refractivity contribution in [1.29, 1.82) is 0 Å². The number of rotatable bonds is 4. The number of sulfonamides is 1. The predicted octanol–water partition coefficient (Wildman–Crippen LogP) is 4.26. The SMILES string of the molecule is COc1ccc(S(=O)(=O)[N+]2(c3cccc(F)c3)CCCCC2)c2cccnc12. The first-order valence-electron chi connectivity index (χ1n) is 9.30. The summed E-state index contributed by atoms with van der Waals surface area (Å²) >= 11 is 0. The first-order chi connectivity index (χ1) is 13.5. The van der Waals surface area contributed by atoms with Crippen molar-refractivity contribution in [3.05, 3.63) is 60.5 Å². The Bertz CT molecular complexity index is 1130. The third-order valence-electron chi connectivity index (χ3n) is 5.47. The van der Waals surface area contributed by atoms with Crippen molar-refractivity contribution >= 4 is 26.6 Å². The molecular weight excluding hydrogens is 379 g/mol. The monoisotopic (exact) mass is 401 g/mol. The zero-order chi connectivity index (χ0) is 19.8. The molecule has 0 unspecified atom stereocenters. The van der Waals surface area contributed by atoms with Crippen LogP contribution in [0.3, 0.4) is 0 Å². The Morgan fingerprint density at radius 2 is 1.82 bits per heavy atom. The molecule has 1 aliphatic rings. The van der Waals surface area contributed by atoms with E-state index in [0.29, 0.717) is 35.4 Å². The molecule has 0 spiro atoms. The number of methoxy groups -OCH3 is 1. The van der Waals surface area contributed by atoms with Crippen molar-refractivity contribution in [3.8, 4) is 5.75 Å². The van der Waals surface area contributed by atoms with E-state index in [9.17, 15) is 12.8 Å². The maximum absolute atomic E-state index is 14.0. The highest BCUT2D eigenvalue weighted by Gasteiger charge is 2.47. The molecule has 0 N–H and O–H groups in total. The summed E-state index contributed by atoms with van der Waals surface area (Å²) in [5.74, 6) is 0.0857. The summed E-state index contributed by atoms with van der Waals surface area (Å²) in [5, 5.41) is 0.515. The standard InChI is InChI=1S/C21H22FN2O3S/c1-27-19-10-11-20(18-9-6-12-23-21(18)19)28(25,26)24(13-3-2-4-14-24)17-8-5-7-16(22)15-17/h5-12,15H,2-4,13-14H2,1H3/q+1. The molecule has 7 heteroatoms. The summed E-state index contributed by atoms with van der Waals surface area (Å²) < 4.78 is 47.1. The van der Waals surface area contributed by atoms with Gasteiger partial charge in [-0.05, 0) is 49.6 Å². The second-order valence-corrected chi connectivity index (χ2v) is 9.11. The van der Waals surface area contributed by atoms with Crippen molar-refractivity contribution in [2.24, 2.45) is 0 Å². The minimum Gasteiger partial charge on any atom is -0.494 e. The molecule has 5 nitrogen and oxygen atoms in total. The molecule has 0 aliphatic carbocycles. The summed E-state index contributed by atoms with van der Waals surface area (Å²) in [6, 6.07) is 12.6. The van der Waals surface area contributed by atoms with Crippen LogP contribution in [0.25, 0.3) is 10.9 Å². The van der Waals surface area contributed by atoms with Gasteiger partial charge in [-0.3, -0.25) is 4.98 Å². The maximum Gasteiger partial charge on any atom is 0.332 e. The van der Waals surface area contributed by atoms with Gasteiger partial charge in [0.25, 0.3) is 0 Å². The highest BCUT2D eigenvalue weighted by atomic mass is 32.2. The molecule has 1 saturated heterocycles. The Balaban J connectivity index is 1.99. The summed E-state index contributed by atoms with van der Waals surface area (Å²) in [6.45, 7) is 0.832. The predicted molar refractivity (Wildman–Crippen MR) is 107 cm³/mol. The van der Waals surface area contributed by atoms with Crippen LogP contribution >= 0.6 is 0 Å². The van der Waals surface area contributed by atoms with Crippen molar-refractivity contribution in [1.82, 2.24) is 8.87 Å². The number of fused-ring (bicyclic) bond motifs is 1. The smallest absolute Gasteiger partial charge is 0.332 e. The van der Waals surface area contributed by atoms with E-state index in [1.165, 1.54) is 19.2 Å². The van der Waals surface area contributed by atoms with E-state index in [0.717, 1.165) is 19.3 Å². The van der Waals surface area contributed by atoms with Crippen LogP contribution in [0.5, 0.6) is 5.75 Å². The average molecular weight is 401 g/mol. The Kier molecular flexibility index (Phi) is 4.81. The number of benzene rings is 2. The van der Waals surface area contributed by atoms with E-state index in [1.807, 2.05) is 0 Å². The normalized spacial score (nSPS) is 16.8. The molecule has 2 aromatic carbocycles. The second kappa shape index (κ2) is 7.14. The Morgan fingerprint density at radius 3 is 2.54 bits per heavy atom. The molecule has 146 valence electrons. The molecular formula is C21H22FN2O3S+. The van der Waals surface area contributed by atoms with Gasteiger partial charge >= 0.3 is 10.0 Å². The van der Waals surface area contributed by atoms with Gasteiger partial charge in [-0.15, -0.1) is 0 Å². The number of nitrogens with zero attached hydrogens (tertiary/aromatic N) is 2. The largest absolute Gasteiger partial charge is 0.494 e. The lowest BCUT2D eigenvalue weighted by molar-refractivity contribution is 0.341. The van der Waals surface area contributed by atoms with Crippen LogP contribution < -0.4 is 8.63 Å². The van der Waals surface area contributed by atoms with Gasteiger partial charge in [-0.25, -0.2) is 4.39 Å². The van der Waals surface area contributed by atoms with Crippen LogP contribution in [0.2, 0.25) is 0 Å². The summed E-state index contributed by atoms with van der Waals surface area (Å²) in [7, 11) is -2.34. The number of aromatic nitrogens is 1. The number of hydrogen-bond acceptors (Lipinski definition) is 4. The molecule has 4 rings (SSSR count). The summed E-state index contributed by atoms with van der Waals surface area (Å²) in [5.41, 5.74) is 0.966. The fourth-order valence-electron chi connectivity index (χ4n) is 4.09. The van der Waals surface area contributed by atoms with E-state index in [-0.39, 0.29) is 8.78 Å². The van der Waals surface area contributed by atoms with Gasteiger partial charge in [0, 0.05) is 23.7 Å². The van der Waals surface area contributed by atoms with Crippen LogP contribution in [0.1, 0.15) is 19.3 Å². The quantitative estimate of drug-likeness (QED) is 0.613. The minimum absolute atomic E-state index is 0.197. The van der Waals surface area contributed by atoms with Crippen molar-refractivity contribution < 1.29 is 17.5 Å².